The Bertz CT molecular complexity index is 429. The van der Waals surface area contributed by atoms with Crippen LogP contribution in [0.15, 0.2) is 0 Å². The van der Waals surface area contributed by atoms with E-state index in [1.54, 1.807) is 0 Å². The molecule has 2 N–H and O–H groups in total. The van der Waals surface area contributed by atoms with Crippen LogP contribution >= 0.6 is 0 Å². The van der Waals surface area contributed by atoms with E-state index in [1.165, 1.54) is 19.3 Å². The maximum atomic E-state index is 10.8. The molecular formula is C15H26N2O3. The second-order valence-corrected chi connectivity index (χ2v) is 8.19. The van der Waals surface area contributed by atoms with Crippen molar-refractivity contribution in [3.63, 3.8) is 0 Å². The third kappa shape index (κ3) is 2.10. The number of hydrogen-bond donors (Lipinski definition) is 1. The molecule has 20 heavy (non-hydrogen) atoms. The van der Waals surface area contributed by atoms with Gasteiger partial charge in [-0.3, -0.25) is 0 Å². The quantitative estimate of drug-likeness (QED) is 0.621. The summed E-state index contributed by atoms with van der Waals surface area (Å²) >= 11 is 0. The standard InChI is InChI=1S/C15H26N2O3/c1-11(20-17(18)19)15-7-12-5-13(2,9-15)8-14(6-12,10-15)3-4-16/h11-12H,3-10,16H2,1-2H3. The summed E-state index contributed by atoms with van der Waals surface area (Å²) in [5.41, 5.74) is 6.50. The van der Waals surface area contributed by atoms with Crippen LogP contribution in [-0.2, 0) is 4.84 Å². The predicted molar refractivity (Wildman–Crippen MR) is 75.4 cm³/mol. The molecule has 0 aromatic rings. The number of nitrogens with two attached hydrogens (primary N) is 1. The van der Waals surface area contributed by atoms with E-state index < -0.39 is 5.09 Å². The lowest BCUT2D eigenvalue weighted by molar-refractivity contribution is -0.772. The smallest absolute Gasteiger partial charge is 0.294 e. The van der Waals surface area contributed by atoms with E-state index in [0.29, 0.717) is 16.7 Å². The van der Waals surface area contributed by atoms with Crippen molar-refractivity contribution in [3.8, 4) is 0 Å². The van der Waals surface area contributed by atoms with Gasteiger partial charge >= 0.3 is 0 Å². The van der Waals surface area contributed by atoms with Crippen LogP contribution in [0, 0.1) is 32.3 Å². The van der Waals surface area contributed by atoms with Gasteiger partial charge in [-0.1, -0.05) is 6.92 Å². The van der Waals surface area contributed by atoms with Gasteiger partial charge in [0.15, 0.2) is 0 Å². The Hall–Kier alpha value is -0.840. The van der Waals surface area contributed by atoms with Crippen molar-refractivity contribution in [2.45, 2.75) is 64.9 Å². The van der Waals surface area contributed by atoms with E-state index in [0.717, 1.165) is 32.2 Å². The summed E-state index contributed by atoms with van der Waals surface area (Å²) in [5, 5.41) is 10.1. The largest absolute Gasteiger partial charge is 0.330 e. The Balaban J connectivity index is 1.91. The van der Waals surface area contributed by atoms with Gasteiger partial charge in [0.2, 0.25) is 0 Å². The fourth-order valence-electron chi connectivity index (χ4n) is 6.50. The van der Waals surface area contributed by atoms with Crippen LogP contribution in [0.2, 0.25) is 0 Å². The predicted octanol–water partition coefficient (Wildman–Crippen LogP) is 2.91. The molecule has 0 aliphatic heterocycles. The van der Waals surface area contributed by atoms with E-state index in [9.17, 15) is 10.1 Å². The summed E-state index contributed by atoms with van der Waals surface area (Å²) in [6.45, 7) is 5.00. The van der Waals surface area contributed by atoms with Crippen LogP contribution in [0.5, 0.6) is 0 Å². The van der Waals surface area contributed by atoms with Crippen molar-refractivity contribution in [1.82, 2.24) is 0 Å². The van der Waals surface area contributed by atoms with Crippen LogP contribution in [0.3, 0.4) is 0 Å². The van der Waals surface area contributed by atoms with Gasteiger partial charge in [0.1, 0.15) is 6.10 Å². The fourth-order valence-corrected chi connectivity index (χ4v) is 6.50. The molecule has 114 valence electrons. The third-order valence-electron chi connectivity index (χ3n) is 6.29. The molecule has 4 aliphatic rings. The molecule has 0 amide bonds. The number of nitrogens with zero attached hydrogens (tertiary/aromatic N) is 1. The lowest BCUT2D eigenvalue weighted by Gasteiger charge is -2.67. The minimum absolute atomic E-state index is 0.00356. The Labute approximate surface area is 120 Å². The molecule has 0 heterocycles. The summed E-state index contributed by atoms with van der Waals surface area (Å²) in [7, 11) is 0. The Morgan fingerprint density at radius 3 is 2.70 bits per heavy atom. The van der Waals surface area contributed by atoms with E-state index in [2.05, 4.69) is 6.92 Å². The molecule has 0 aromatic heterocycles. The highest BCUT2D eigenvalue weighted by Gasteiger charge is 2.63. The van der Waals surface area contributed by atoms with E-state index >= 15 is 0 Å². The first-order valence-corrected chi connectivity index (χ1v) is 7.82. The summed E-state index contributed by atoms with van der Waals surface area (Å²) in [6.07, 6.45) is 7.82. The van der Waals surface area contributed by atoms with Crippen molar-refractivity contribution < 1.29 is 9.92 Å². The van der Waals surface area contributed by atoms with Crippen molar-refractivity contribution in [2.75, 3.05) is 6.54 Å². The number of hydrogen-bond acceptors (Lipinski definition) is 4. The van der Waals surface area contributed by atoms with Crippen LogP contribution in [0.25, 0.3) is 0 Å². The van der Waals surface area contributed by atoms with Gasteiger partial charge in [0.25, 0.3) is 5.09 Å². The lowest BCUT2D eigenvalue weighted by atomic mass is 9.38. The molecule has 4 bridgehead atoms. The Morgan fingerprint density at radius 2 is 2.10 bits per heavy atom. The molecule has 5 heteroatoms. The molecule has 0 radical (unpaired) electrons. The molecule has 0 aromatic carbocycles. The van der Waals surface area contributed by atoms with Gasteiger partial charge in [-0.05, 0) is 80.6 Å². The zero-order valence-corrected chi connectivity index (χ0v) is 12.6. The first-order valence-electron chi connectivity index (χ1n) is 7.82. The van der Waals surface area contributed by atoms with Crippen molar-refractivity contribution in [2.24, 2.45) is 27.9 Å². The average molecular weight is 282 g/mol. The molecular weight excluding hydrogens is 256 g/mol. The van der Waals surface area contributed by atoms with Crippen molar-refractivity contribution in [3.05, 3.63) is 10.1 Å². The monoisotopic (exact) mass is 282 g/mol. The van der Waals surface area contributed by atoms with Gasteiger partial charge in [-0.2, -0.15) is 0 Å². The van der Waals surface area contributed by atoms with E-state index in [1.807, 2.05) is 6.92 Å². The highest BCUT2D eigenvalue weighted by atomic mass is 17.0. The third-order valence-corrected chi connectivity index (χ3v) is 6.29. The molecule has 0 spiro atoms. The average Bonchev–Trinajstić information content (AvgIpc) is 2.23. The maximum Gasteiger partial charge on any atom is 0.294 e. The first kappa shape index (κ1) is 14.1. The van der Waals surface area contributed by atoms with Gasteiger partial charge < -0.3 is 10.6 Å². The maximum absolute atomic E-state index is 10.8. The molecule has 4 saturated carbocycles. The highest BCUT2D eigenvalue weighted by molar-refractivity contribution is 5.13. The van der Waals surface area contributed by atoms with Crippen LogP contribution in [-0.4, -0.2) is 17.7 Å². The molecule has 4 aliphatic carbocycles. The molecule has 4 fully saturated rings. The molecule has 0 saturated heterocycles. The second kappa shape index (κ2) is 4.33. The highest BCUT2D eigenvalue weighted by Crippen LogP contribution is 2.71. The summed E-state index contributed by atoms with van der Waals surface area (Å²) in [4.78, 5) is 15.7. The van der Waals surface area contributed by atoms with Crippen LogP contribution in [0.1, 0.15) is 58.8 Å². The van der Waals surface area contributed by atoms with Crippen molar-refractivity contribution >= 4 is 0 Å². The number of rotatable bonds is 5. The SMILES string of the molecule is CC(O[N+](=O)[O-])C12CC3CC(C)(CC(CCN)(C3)C1)C2. The minimum Gasteiger partial charge on any atom is -0.330 e. The first-order chi connectivity index (χ1) is 9.30. The van der Waals surface area contributed by atoms with Gasteiger partial charge in [0.05, 0.1) is 0 Å². The van der Waals surface area contributed by atoms with Crippen LogP contribution in [0.4, 0.5) is 0 Å². The van der Waals surface area contributed by atoms with Gasteiger partial charge in [0, 0.05) is 0 Å². The van der Waals surface area contributed by atoms with Gasteiger partial charge in [-0.25, -0.2) is 0 Å². The zero-order chi connectivity index (χ0) is 14.6. The van der Waals surface area contributed by atoms with E-state index in [4.69, 9.17) is 10.6 Å². The van der Waals surface area contributed by atoms with Gasteiger partial charge in [-0.15, -0.1) is 10.1 Å². The van der Waals surface area contributed by atoms with Crippen LogP contribution < -0.4 is 5.73 Å². The van der Waals surface area contributed by atoms with E-state index in [-0.39, 0.29) is 11.5 Å². The molecule has 5 unspecified atom stereocenters. The summed E-state index contributed by atoms with van der Waals surface area (Å²) < 4.78 is 0. The summed E-state index contributed by atoms with van der Waals surface area (Å²) in [6, 6.07) is 0. The Kier molecular flexibility index (Phi) is 3.05. The summed E-state index contributed by atoms with van der Waals surface area (Å²) in [5.74, 6) is 0.709. The topological polar surface area (TPSA) is 78.4 Å². The zero-order valence-electron chi connectivity index (χ0n) is 12.6. The molecule has 4 rings (SSSR count). The Morgan fingerprint density at radius 1 is 1.35 bits per heavy atom. The normalized spacial score (nSPS) is 47.2. The minimum atomic E-state index is -0.610. The second-order valence-electron chi connectivity index (χ2n) is 8.19. The van der Waals surface area contributed by atoms with Crippen molar-refractivity contribution in [1.29, 1.82) is 0 Å². The molecule has 5 atom stereocenters. The molecule has 5 nitrogen and oxygen atoms in total. The fraction of sp³-hybridized carbons (Fsp3) is 1.00. The lowest BCUT2D eigenvalue weighted by Crippen LogP contribution is -2.60.